The van der Waals surface area contributed by atoms with Gasteiger partial charge in [0.05, 0.1) is 7.11 Å². The highest BCUT2D eigenvalue weighted by molar-refractivity contribution is 5.91. The van der Waals surface area contributed by atoms with Crippen molar-refractivity contribution in [3.05, 3.63) is 48.0 Å². The number of anilines is 2. The molecular weight excluding hydrogens is 397 g/mol. The average molecular weight is 422 g/mol. The van der Waals surface area contributed by atoms with Gasteiger partial charge in [0.25, 0.3) is 0 Å². The predicted molar refractivity (Wildman–Crippen MR) is 109 cm³/mol. The van der Waals surface area contributed by atoms with Crippen molar-refractivity contribution in [2.24, 2.45) is 0 Å². The maximum Gasteiger partial charge on any atom is 0.422 e. The van der Waals surface area contributed by atoms with Crippen molar-refractivity contribution >= 4 is 17.3 Å². The van der Waals surface area contributed by atoms with E-state index in [4.69, 9.17) is 9.47 Å². The first-order valence-corrected chi connectivity index (χ1v) is 9.85. The van der Waals surface area contributed by atoms with Gasteiger partial charge in [-0.3, -0.25) is 4.79 Å². The molecule has 1 saturated heterocycles. The van der Waals surface area contributed by atoms with Gasteiger partial charge in [0, 0.05) is 30.9 Å². The maximum atomic E-state index is 12.3. The lowest BCUT2D eigenvalue weighted by Crippen LogP contribution is -2.19. The highest BCUT2D eigenvalue weighted by Crippen LogP contribution is 2.30. The molecule has 0 spiro atoms. The number of amides is 1. The molecule has 0 saturated carbocycles. The van der Waals surface area contributed by atoms with Crippen LogP contribution in [0.3, 0.4) is 0 Å². The highest BCUT2D eigenvalue weighted by atomic mass is 19.4. The molecule has 1 fully saturated rings. The number of nitrogens with one attached hydrogen (secondary N) is 1. The lowest BCUT2D eigenvalue weighted by atomic mass is 10.1. The zero-order chi connectivity index (χ0) is 21.6. The molecule has 30 heavy (non-hydrogen) atoms. The molecule has 0 bridgehead atoms. The van der Waals surface area contributed by atoms with E-state index in [-0.39, 0.29) is 23.8 Å². The van der Waals surface area contributed by atoms with Gasteiger partial charge in [-0.25, -0.2) is 0 Å². The van der Waals surface area contributed by atoms with Crippen LogP contribution >= 0.6 is 0 Å². The Morgan fingerprint density at radius 1 is 1.10 bits per heavy atom. The third-order valence-corrected chi connectivity index (χ3v) is 4.86. The monoisotopic (exact) mass is 422 g/mol. The number of benzene rings is 2. The number of aryl methyl sites for hydroxylation is 1. The minimum Gasteiger partial charge on any atom is -0.493 e. The molecule has 2 aromatic rings. The van der Waals surface area contributed by atoms with Crippen LogP contribution in [-0.4, -0.2) is 38.9 Å². The molecule has 0 atom stereocenters. The van der Waals surface area contributed by atoms with E-state index in [1.165, 1.54) is 26.0 Å². The van der Waals surface area contributed by atoms with Crippen molar-refractivity contribution in [2.45, 2.75) is 31.9 Å². The average Bonchev–Trinajstić information content (AvgIpc) is 3.25. The van der Waals surface area contributed by atoms with E-state index in [2.05, 4.69) is 10.2 Å². The van der Waals surface area contributed by atoms with E-state index in [0.29, 0.717) is 6.42 Å². The Morgan fingerprint density at radius 3 is 2.57 bits per heavy atom. The number of alkyl halides is 3. The largest absolute Gasteiger partial charge is 0.493 e. The van der Waals surface area contributed by atoms with E-state index < -0.39 is 12.8 Å². The molecule has 1 heterocycles. The molecule has 8 heteroatoms. The standard InChI is InChI=1S/C22H25F3N2O3/c1-29-20-13-16(7-9-19(20)30-15-22(23,24)25)8-10-21(28)26-17-5-4-6-18(14-17)27-11-2-3-12-27/h4-7,9,13-14H,2-3,8,10-12,15H2,1H3,(H,26,28). The summed E-state index contributed by atoms with van der Waals surface area (Å²) >= 11 is 0. The first kappa shape index (κ1) is 21.8. The summed E-state index contributed by atoms with van der Waals surface area (Å²) in [5.74, 6) is 0.0853. The fourth-order valence-electron chi connectivity index (χ4n) is 3.38. The van der Waals surface area contributed by atoms with Gasteiger partial charge in [0.2, 0.25) is 5.91 Å². The molecule has 1 amide bonds. The van der Waals surface area contributed by atoms with Crippen molar-refractivity contribution in [1.82, 2.24) is 0 Å². The Bertz CT molecular complexity index is 865. The van der Waals surface area contributed by atoms with Gasteiger partial charge >= 0.3 is 6.18 Å². The summed E-state index contributed by atoms with van der Waals surface area (Å²) < 4.78 is 46.9. The van der Waals surface area contributed by atoms with Crippen LogP contribution in [0.15, 0.2) is 42.5 Å². The Morgan fingerprint density at radius 2 is 1.87 bits per heavy atom. The minimum atomic E-state index is -4.42. The van der Waals surface area contributed by atoms with E-state index >= 15 is 0 Å². The van der Waals surface area contributed by atoms with Crippen LogP contribution in [0, 0.1) is 0 Å². The lowest BCUT2D eigenvalue weighted by Gasteiger charge is -2.18. The van der Waals surface area contributed by atoms with E-state index in [1.807, 2.05) is 24.3 Å². The second-order valence-corrected chi connectivity index (χ2v) is 7.18. The van der Waals surface area contributed by atoms with Crippen molar-refractivity contribution in [3.8, 4) is 11.5 Å². The Balaban J connectivity index is 1.55. The smallest absolute Gasteiger partial charge is 0.422 e. The summed E-state index contributed by atoms with van der Waals surface area (Å²) in [6, 6.07) is 12.4. The lowest BCUT2D eigenvalue weighted by molar-refractivity contribution is -0.153. The number of hydrogen-bond acceptors (Lipinski definition) is 4. The second-order valence-electron chi connectivity index (χ2n) is 7.18. The number of rotatable bonds is 8. The van der Waals surface area contributed by atoms with Gasteiger partial charge in [0.15, 0.2) is 18.1 Å². The third kappa shape index (κ3) is 6.30. The number of halogens is 3. The SMILES string of the molecule is COc1cc(CCC(=O)Nc2cccc(N3CCCC3)c2)ccc1OCC(F)(F)F. The number of nitrogens with zero attached hydrogens (tertiary/aromatic N) is 1. The van der Waals surface area contributed by atoms with Crippen LogP contribution in [-0.2, 0) is 11.2 Å². The van der Waals surface area contributed by atoms with Gasteiger partial charge in [-0.05, 0) is 55.2 Å². The van der Waals surface area contributed by atoms with Crippen molar-refractivity contribution < 1.29 is 27.4 Å². The van der Waals surface area contributed by atoms with E-state index in [0.717, 1.165) is 30.0 Å². The van der Waals surface area contributed by atoms with Crippen LogP contribution in [0.1, 0.15) is 24.8 Å². The van der Waals surface area contributed by atoms with Crippen molar-refractivity contribution in [1.29, 1.82) is 0 Å². The quantitative estimate of drug-likeness (QED) is 0.664. The molecule has 1 aliphatic heterocycles. The van der Waals surface area contributed by atoms with Gasteiger partial charge in [-0.15, -0.1) is 0 Å². The third-order valence-electron chi connectivity index (χ3n) is 4.86. The fourth-order valence-corrected chi connectivity index (χ4v) is 3.38. The molecule has 3 rings (SSSR count). The first-order chi connectivity index (χ1) is 14.3. The second kappa shape index (κ2) is 9.73. The van der Waals surface area contributed by atoms with Crippen molar-refractivity contribution in [3.63, 3.8) is 0 Å². The normalized spacial score (nSPS) is 13.9. The molecule has 1 N–H and O–H groups in total. The number of ether oxygens (including phenoxy) is 2. The van der Waals surface area contributed by atoms with Crippen LogP contribution < -0.4 is 19.7 Å². The van der Waals surface area contributed by atoms with E-state index in [1.54, 1.807) is 12.1 Å². The highest BCUT2D eigenvalue weighted by Gasteiger charge is 2.29. The topological polar surface area (TPSA) is 50.8 Å². The summed E-state index contributed by atoms with van der Waals surface area (Å²) in [5.41, 5.74) is 2.62. The summed E-state index contributed by atoms with van der Waals surface area (Å²) in [6.45, 7) is 0.672. The Hall–Kier alpha value is -2.90. The first-order valence-electron chi connectivity index (χ1n) is 9.85. The minimum absolute atomic E-state index is 0.0155. The van der Waals surface area contributed by atoms with Crippen molar-refractivity contribution in [2.75, 3.05) is 37.0 Å². The van der Waals surface area contributed by atoms with E-state index in [9.17, 15) is 18.0 Å². The summed E-state index contributed by atoms with van der Waals surface area (Å²) in [7, 11) is 1.36. The Labute approximate surface area is 173 Å². The van der Waals surface area contributed by atoms with Crippen LogP contribution in [0.5, 0.6) is 11.5 Å². The summed E-state index contributed by atoms with van der Waals surface area (Å²) in [6.07, 6.45) is -1.40. The summed E-state index contributed by atoms with van der Waals surface area (Å²) in [4.78, 5) is 14.6. The van der Waals surface area contributed by atoms with Gasteiger partial charge in [0.1, 0.15) is 0 Å². The molecular formula is C22H25F3N2O3. The zero-order valence-electron chi connectivity index (χ0n) is 16.8. The number of hydrogen-bond donors (Lipinski definition) is 1. The molecule has 0 aromatic heterocycles. The van der Waals surface area contributed by atoms with Crippen LogP contribution in [0.2, 0.25) is 0 Å². The zero-order valence-corrected chi connectivity index (χ0v) is 16.8. The van der Waals surface area contributed by atoms with Gasteiger partial charge < -0.3 is 19.7 Å². The summed E-state index contributed by atoms with van der Waals surface area (Å²) in [5, 5.41) is 2.91. The number of methoxy groups -OCH3 is 1. The molecule has 162 valence electrons. The fraction of sp³-hybridized carbons (Fsp3) is 0.409. The molecule has 1 aliphatic rings. The Kier molecular flexibility index (Phi) is 7.07. The molecule has 0 aliphatic carbocycles. The predicted octanol–water partition coefficient (Wildman–Crippen LogP) is 4.81. The van der Waals surface area contributed by atoms with Gasteiger partial charge in [-0.1, -0.05) is 12.1 Å². The van der Waals surface area contributed by atoms with Crippen LogP contribution in [0.4, 0.5) is 24.5 Å². The number of carbonyl (C=O) groups excluding carboxylic acids is 1. The maximum absolute atomic E-state index is 12.3. The molecule has 0 unspecified atom stereocenters. The molecule has 0 radical (unpaired) electrons. The molecule has 2 aromatic carbocycles. The molecule has 5 nitrogen and oxygen atoms in total. The van der Waals surface area contributed by atoms with Crippen LogP contribution in [0.25, 0.3) is 0 Å². The van der Waals surface area contributed by atoms with Gasteiger partial charge in [-0.2, -0.15) is 13.2 Å². The number of carbonyl (C=O) groups is 1.